The number of alkyl halides is 1. The molecule has 0 spiro atoms. The molecule has 1 amide bonds. The second-order valence-electron chi connectivity index (χ2n) is 4.02. The zero-order valence-corrected chi connectivity index (χ0v) is 10.7. The number of nitrogens with zero attached hydrogens (tertiary/aromatic N) is 1. The van der Waals surface area contributed by atoms with Gasteiger partial charge in [0.25, 0.3) is 0 Å². The molecule has 0 aliphatic heterocycles. The molecule has 2 unspecified atom stereocenters. The largest absolute Gasteiger partial charge is 0.349 e. The molecule has 0 aliphatic carbocycles. The van der Waals surface area contributed by atoms with Crippen LogP contribution in [0.1, 0.15) is 31.0 Å². The number of rotatable bonds is 4. The molecule has 17 heavy (non-hydrogen) atoms. The first-order valence-electron chi connectivity index (χ1n) is 5.45. The first-order chi connectivity index (χ1) is 8.08. The van der Waals surface area contributed by atoms with E-state index in [1.165, 1.54) is 0 Å². The number of benzene rings is 1. The van der Waals surface area contributed by atoms with Crippen LogP contribution in [0, 0.1) is 17.2 Å². The van der Waals surface area contributed by atoms with Crippen molar-refractivity contribution in [2.24, 2.45) is 5.92 Å². The molecule has 1 aromatic carbocycles. The highest BCUT2D eigenvalue weighted by molar-refractivity contribution is 6.19. The number of nitrogens with one attached hydrogen (secondary N) is 1. The highest BCUT2D eigenvalue weighted by Gasteiger charge is 2.14. The Morgan fingerprint density at radius 2 is 2.00 bits per heavy atom. The van der Waals surface area contributed by atoms with E-state index in [0.717, 1.165) is 5.56 Å². The van der Waals surface area contributed by atoms with Crippen LogP contribution in [0.2, 0.25) is 0 Å². The molecular weight excluding hydrogens is 236 g/mol. The number of hydrogen-bond donors (Lipinski definition) is 1. The van der Waals surface area contributed by atoms with Crippen molar-refractivity contribution in [3.05, 3.63) is 35.4 Å². The Morgan fingerprint density at radius 1 is 1.41 bits per heavy atom. The van der Waals surface area contributed by atoms with Gasteiger partial charge in [-0.05, 0) is 24.6 Å². The molecule has 0 saturated heterocycles. The fraction of sp³-hybridized carbons (Fsp3) is 0.385. The minimum Gasteiger partial charge on any atom is -0.349 e. The van der Waals surface area contributed by atoms with Crippen LogP contribution < -0.4 is 5.32 Å². The average Bonchev–Trinajstić information content (AvgIpc) is 2.37. The molecular formula is C13H15ClN2O. The van der Waals surface area contributed by atoms with Gasteiger partial charge in [0.1, 0.15) is 0 Å². The number of amides is 1. The Bertz CT molecular complexity index is 422. The monoisotopic (exact) mass is 250 g/mol. The molecule has 0 fully saturated rings. The van der Waals surface area contributed by atoms with Gasteiger partial charge in [-0.15, -0.1) is 11.6 Å². The summed E-state index contributed by atoms with van der Waals surface area (Å²) in [5, 5.41) is 11.6. The van der Waals surface area contributed by atoms with Crippen molar-refractivity contribution >= 4 is 17.5 Å². The van der Waals surface area contributed by atoms with Crippen molar-refractivity contribution in [1.29, 1.82) is 5.26 Å². The fourth-order valence-corrected chi connectivity index (χ4v) is 1.50. The van der Waals surface area contributed by atoms with Crippen molar-refractivity contribution in [3.63, 3.8) is 0 Å². The van der Waals surface area contributed by atoms with Crippen LogP contribution in [0.3, 0.4) is 0 Å². The lowest BCUT2D eigenvalue weighted by atomic mass is 10.1. The van der Waals surface area contributed by atoms with Crippen LogP contribution in [-0.4, -0.2) is 11.8 Å². The van der Waals surface area contributed by atoms with E-state index in [1.54, 1.807) is 19.1 Å². The van der Waals surface area contributed by atoms with Gasteiger partial charge in [0.05, 0.1) is 17.7 Å². The van der Waals surface area contributed by atoms with E-state index in [1.807, 2.05) is 19.1 Å². The number of carbonyl (C=O) groups excluding carboxylic acids is 1. The van der Waals surface area contributed by atoms with E-state index >= 15 is 0 Å². The van der Waals surface area contributed by atoms with Crippen molar-refractivity contribution in [2.45, 2.75) is 19.9 Å². The van der Waals surface area contributed by atoms with E-state index < -0.39 is 0 Å². The highest BCUT2D eigenvalue weighted by atomic mass is 35.5. The summed E-state index contributed by atoms with van der Waals surface area (Å²) in [6.45, 7) is 3.69. The van der Waals surface area contributed by atoms with Crippen molar-refractivity contribution in [2.75, 3.05) is 5.88 Å². The predicted molar refractivity (Wildman–Crippen MR) is 67.6 cm³/mol. The molecule has 0 radical (unpaired) electrons. The minimum atomic E-state index is -0.197. The molecule has 0 heterocycles. The Hall–Kier alpha value is -1.53. The van der Waals surface area contributed by atoms with E-state index in [0.29, 0.717) is 11.4 Å². The van der Waals surface area contributed by atoms with Crippen LogP contribution in [0.5, 0.6) is 0 Å². The smallest absolute Gasteiger partial charge is 0.224 e. The summed E-state index contributed by atoms with van der Waals surface area (Å²) < 4.78 is 0. The molecule has 4 heteroatoms. The molecule has 1 aromatic rings. The van der Waals surface area contributed by atoms with E-state index in [2.05, 4.69) is 11.4 Å². The summed E-state index contributed by atoms with van der Waals surface area (Å²) in [6.07, 6.45) is 0. The van der Waals surface area contributed by atoms with Gasteiger partial charge in [-0.25, -0.2) is 0 Å². The fourth-order valence-electron chi connectivity index (χ4n) is 1.36. The Labute approximate surface area is 106 Å². The molecule has 2 atom stereocenters. The molecule has 1 N–H and O–H groups in total. The van der Waals surface area contributed by atoms with Gasteiger partial charge in [-0.2, -0.15) is 5.26 Å². The summed E-state index contributed by atoms with van der Waals surface area (Å²) in [7, 11) is 0. The minimum absolute atomic E-state index is 0.0585. The van der Waals surface area contributed by atoms with E-state index in [9.17, 15) is 4.79 Å². The third-order valence-corrected chi connectivity index (χ3v) is 3.04. The normalized spacial score (nSPS) is 13.5. The lowest BCUT2D eigenvalue weighted by molar-refractivity contribution is -0.124. The van der Waals surface area contributed by atoms with E-state index in [4.69, 9.17) is 16.9 Å². The molecule has 0 aromatic heterocycles. The van der Waals surface area contributed by atoms with Gasteiger partial charge in [0.2, 0.25) is 5.91 Å². The second-order valence-corrected chi connectivity index (χ2v) is 4.33. The first-order valence-corrected chi connectivity index (χ1v) is 5.98. The topological polar surface area (TPSA) is 52.9 Å². The van der Waals surface area contributed by atoms with Gasteiger partial charge in [0, 0.05) is 11.8 Å². The van der Waals surface area contributed by atoms with Crippen molar-refractivity contribution in [3.8, 4) is 6.07 Å². The van der Waals surface area contributed by atoms with Gasteiger partial charge in [0.15, 0.2) is 0 Å². The zero-order chi connectivity index (χ0) is 12.8. The van der Waals surface area contributed by atoms with Crippen molar-refractivity contribution in [1.82, 2.24) is 5.32 Å². The molecule has 0 aliphatic rings. The maximum Gasteiger partial charge on any atom is 0.224 e. The molecule has 3 nitrogen and oxygen atoms in total. The number of nitriles is 1. The highest BCUT2D eigenvalue weighted by Crippen LogP contribution is 2.14. The summed E-state index contributed by atoms with van der Waals surface area (Å²) in [4.78, 5) is 11.6. The molecule has 0 saturated carbocycles. The standard InChI is InChI=1S/C13H15ClN2O/c1-9(7-14)13(17)16-10(2)12-5-3-11(8-15)4-6-12/h3-6,9-10H,7H2,1-2H3,(H,16,17). The SMILES string of the molecule is CC(CCl)C(=O)NC(C)c1ccc(C#N)cc1. The van der Waals surface area contributed by atoms with Crippen LogP contribution in [0.25, 0.3) is 0 Å². The summed E-state index contributed by atoms with van der Waals surface area (Å²) in [5.41, 5.74) is 1.58. The third-order valence-electron chi connectivity index (χ3n) is 2.58. The first kappa shape index (κ1) is 13.5. The van der Waals surface area contributed by atoms with Gasteiger partial charge < -0.3 is 5.32 Å². The van der Waals surface area contributed by atoms with Gasteiger partial charge in [-0.3, -0.25) is 4.79 Å². The summed E-state index contributed by atoms with van der Waals surface area (Å²) >= 11 is 5.62. The Kier molecular flexibility index (Phi) is 4.99. The van der Waals surface area contributed by atoms with Crippen LogP contribution in [0.4, 0.5) is 0 Å². The average molecular weight is 251 g/mol. The maximum atomic E-state index is 11.6. The third kappa shape index (κ3) is 3.76. The summed E-state index contributed by atoms with van der Waals surface area (Å²) in [5.74, 6) is 0.0562. The maximum absolute atomic E-state index is 11.6. The predicted octanol–water partition coefficient (Wildman–Crippen LogP) is 2.61. The lowest BCUT2D eigenvalue weighted by Crippen LogP contribution is -2.32. The molecule has 1 rings (SSSR count). The van der Waals surface area contributed by atoms with Gasteiger partial charge in [-0.1, -0.05) is 19.1 Å². The van der Waals surface area contributed by atoms with Crippen LogP contribution in [-0.2, 0) is 4.79 Å². The van der Waals surface area contributed by atoms with Crippen LogP contribution >= 0.6 is 11.6 Å². The quantitative estimate of drug-likeness (QED) is 0.836. The number of hydrogen-bond acceptors (Lipinski definition) is 2. The molecule has 0 bridgehead atoms. The Balaban J connectivity index is 2.67. The zero-order valence-electron chi connectivity index (χ0n) is 9.90. The lowest BCUT2D eigenvalue weighted by Gasteiger charge is -2.16. The second kappa shape index (κ2) is 6.27. The van der Waals surface area contributed by atoms with Crippen LogP contribution in [0.15, 0.2) is 24.3 Å². The summed E-state index contributed by atoms with van der Waals surface area (Å²) in [6, 6.07) is 9.14. The number of carbonyl (C=O) groups is 1. The van der Waals surface area contributed by atoms with E-state index in [-0.39, 0.29) is 17.9 Å². The van der Waals surface area contributed by atoms with Crippen molar-refractivity contribution < 1.29 is 4.79 Å². The van der Waals surface area contributed by atoms with Gasteiger partial charge >= 0.3 is 0 Å². The molecule has 90 valence electrons. The Morgan fingerprint density at radius 3 is 2.47 bits per heavy atom. The number of halogens is 1.